The molecular weight excluding hydrogens is 355 g/mol. The largest absolute Gasteiger partial charge is 0.459 e. The number of alkyl halides is 8. The van der Waals surface area contributed by atoms with Crippen LogP contribution in [-0.4, -0.2) is 22.6 Å². The predicted octanol–water partition coefficient (Wildman–Crippen LogP) is 4.73. The van der Waals surface area contributed by atoms with E-state index in [1.807, 2.05) is 0 Å². The highest BCUT2D eigenvalue weighted by molar-refractivity contribution is 5.37. The number of hydrogen-bond acceptors (Lipinski definition) is 1. The van der Waals surface area contributed by atoms with Crippen molar-refractivity contribution in [3.05, 3.63) is 47.5 Å². The van der Waals surface area contributed by atoms with Crippen LogP contribution in [0.5, 0.6) is 0 Å². The van der Waals surface area contributed by atoms with Gasteiger partial charge in [-0.25, -0.2) is 9.07 Å². The lowest BCUT2D eigenvalue weighted by atomic mass is 10.1. The molecule has 0 saturated carbocycles. The van der Waals surface area contributed by atoms with Gasteiger partial charge in [-0.1, -0.05) is 18.2 Å². The first-order valence-electron chi connectivity index (χ1n) is 6.16. The molecule has 24 heavy (non-hydrogen) atoms. The fourth-order valence-electron chi connectivity index (χ4n) is 1.88. The molecule has 1 aromatic heterocycles. The Morgan fingerprint density at radius 2 is 1.46 bits per heavy atom. The minimum Gasteiger partial charge on any atom is -0.244 e. The van der Waals surface area contributed by atoms with Crippen LogP contribution in [0.15, 0.2) is 30.3 Å². The maximum Gasteiger partial charge on any atom is 0.459 e. The van der Waals surface area contributed by atoms with Crippen LogP contribution in [0.2, 0.25) is 0 Å². The average Bonchev–Trinajstić information content (AvgIpc) is 2.86. The molecule has 11 heteroatoms. The zero-order valence-corrected chi connectivity index (χ0v) is 11.4. The summed E-state index contributed by atoms with van der Waals surface area (Å²) in [6, 6.07) is 5.94. The van der Waals surface area contributed by atoms with Gasteiger partial charge in [-0.05, 0) is 12.1 Å². The van der Waals surface area contributed by atoms with Crippen molar-refractivity contribution < 1.29 is 39.5 Å². The lowest BCUT2D eigenvalue weighted by Crippen LogP contribution is -2.36. The summed E-state index contributed by atoms with van der Waals surface area (Å²) in [5.41, 5.74) is -5.41. The molecule has 0 aliphatic heterocycles. The molecule has 0 aliphatic rings. The number of para-hydroxylation sites is 1. The summed E-state index contributed by atoms with van der Waals surface area (Å²) in [5.74, 6) is -13.0. The minimum absolute atomic E-state index is 0.159. The monoisotopic (exact) mass is 362 g/mol. The van der Waals surface area contributed by atoms with Crippen molar-refractivity contribution in [2.45, 2.75) is 18.0 Å². The lowest BCUT2D eigenvalue weighted by molar-refractivity contribution is -0.292. The summed E-state index contributed by atoms with van der Waals surface area (Å²) in [7, 11) is 0. The van der Waals surface area contributed by atoms with E-state index in [1.165, 1.54) is 18.2 Å². The van der Waals surface area contributed by atoms with Crippen molar-refractivity contribution >= 4 is 0 Å². The molecule has 2 rings (SSSR count). The second-order valence-corrected chi connectivity index (χ2v) is 4.67. The Balaban J connectivity index is 2.80. The second kappa shape index (κ2) is 5.71. The van der Waals surface area contributed by atoms with Crippen molar-refractivity contribution in [1.29, 1.82) is 0 Å². The summed E-state index contributed by atoms with van der Waals surface area (Å²) < 4.78 is 118. The van der Waals surface area contributed by atoms with Crippen molar-refractivity contribution in [3.63, 3.8) is 0 Å². The van der Waals surface area contributed by atoms with E-state index in [1.54, 1.807) is 0 Å². The van der Waals surface area contributed by atoms with Crippen LogP contribution in [0.3, 0.4) is 0 Å². The molecule has 0 saturated heterocycles. The number of halogens is 9. The van der Waals surface area contributed by atoms with Gasteiger partial charge in [0.2, 0.25) is 5.95 Å². The van der Waals surface area contributed by atoms with Gasteiger partial charge in [0.05, 0.1) is 5.69 Å². The van der Waals surface area contributed by atoms with Crippen LogP contribution in [0.25, 0.3) is 5.69 Å². The SMILES string of the molecule is FCC(F)(F)c1c(C(F)(F)C(F)(F)F)nn(-c2ccccc2)c1F. The quantitative estimate of drug-likeness (QED) is 0.720. The van der Waals surface area contributed by atoms with Crippen molar-refractivity contribution in [3.8, 4) is 5.69 Å². The normalized spacial score (nSPS) is 13.4. The Labute approximate surface area is 128 Å². The Morgan fingerprint density at radius 1 is 0.917 bits per heavy atom. The molecule has 0 N–H and O–H groups in total. The maximum absolute atomic E-state index is 14.1. The van der Waals surface area contributed by atoms with Crippen LogP contribution in [0.4, 0.5) is 39.5 Å². The highest BCUT2D eigenvalue weighted by Crippen LogP contribution is 2.48. The highest BCUT2D eigenvalue weighted by atomic mass is 19.4. The molecule has 2 nitrogen and oxygen atoms in total. The third kappa shape index (κ3) is 2.82. The highest BCUT2D eigenvalue weighted by Gasteiger charge is 2.64. The average molecular weight is 362 g/mol. The first-order valence-corrected chi connectivity index (χ1v) is 6.16. The van der Waals surface area contributed by atoms with Crippen molar-refractivity contribution in [2.75, 3.05) is 6.67 Å². The van der Waals surface area contributed by atoms with E-state index < -0.39 is 47.6 Å². The molecule has 2 aromatic rings. The molecule has 0 unspecified atom stereocenters. The molecular formula is C13H7F9N2. The Morgan fingerprint density at radius 3 is 1.92 bits per heavy atom. The fourth-order valence-corrected chi connectivity index (χ4v) is 1.88. The lowest BCUT2D eigenvalue weighted by Gasteiger charge is -2.20. The number of benzene rings is 1. The van der Waals surface area contributed by atoms with Gasteiger partial charge in [-0.3, -0.25) is 0 Å². The summed E-state index contributed by atoms with van der Waals surface area (Å²) in [6.45, 7) is -2.68. The van der Waals surface area contributed by atoms with E-state index in [4.69, 9.17) is 0 Å². The fraction of sp³-hybridized carbons (Fsp3) is 0.308. The smallest absolute Gasteiger partial charge is 0.244 e. The van der Waals surface area contributed by atoms with Gasteiger partial charge in [-0.2, -0.15) is 40.2 Å². The molecule has 0 amide bonds. The molecule has 0 fully saturated rings. The maximum atomic E-state index is 14.1. The predicted molar refractivity (Wildman–Crippen MR) is 63.3 cm³/mol. The molecule has 132 valence electrons. The zero-order valence-electron chi connectivity index (χ0n) is 11.4. The summed E-state index contributed by atoms with van der Waals surface area (Å²) >= 11 is 0. The van der Waals surface area contributed by atoms with Gasteiger partial charge >= 0.3 is 18.0 Å². The van der Waals surface area contributed by atoms with Gasteiger partial charge < -0.3 is 0 Å². The zero-order chi connectivity index (χ0) is 18.3. The standard InChI is InChI=1S/C13H7F9N2/c14-6-11(16,17)8-9(12(18,19)13(20,21)22)23-24(10(8)15)7-4-2-1-3-5-7/h1-5H,6H2. The van der Waals surface area contributed by atoms with E-state index in [-0.39, 0.29) is 4.68 Å². The molecule has 0 aliphatic carbocycles. The molecule has 0 atom stereocenters. The number of aromatic nitrogens is 2. The Kier molecular flexibility index (Phi) is 4.31. The second-order valence-electron chi connectivity index (χ2n) is 4.67. The first-order chi connectivity index (χ1) is 10.9. The van der Waals surface area contributed by atoms with Gasteiger partial charge in [-0.15, -0.1) is 0 Å². The van der Waals surface area contributed by atoms with E-state index in [0.29, 0.717) is 0 Å². The van der Waals surface area contributed by atoms with Crippen molar-refractivity contribution in [1.82, 2.24) is 9.78 Å². The van der Waals surface area contributed by atoms with Crippen LogP contribution in [0.1, 0.15) is 11.3 Å². The Hall–Kier alpha value is -2.20. The van der Waals surface area contributed by atoms with E-state index in [9.17, 15) is 39.5 Å². The van der Waals surface area contributed by atoms with E-state index in [0.717, 1.165) is 12.1 Å². The van der Waals surface area contributed by atoms with Gasteiger partial charge in [0.15, 0.2) is 12.4 Å². The van der Waals surface area contributed by atoms with E-state index >= 15 is 0 Å². The summed E-state index contributed by atoms with van der Waals surface area (Å²) in [4.78, 5) is 0. The number of hydrogen-bond donors (Lipinski definition) is 0. The number of rotatable bonds is 4. The third-order valence-corrected chi connectivity index (χ3v) is 3.02. The molecule has 0 radical (unpaired) electrons. The van der Waals surface area contributed by atoms with Gasteiger partial charge in [0.25, 0.3) is 0 Å². The summed E-state index contributed by atoms with van der Waals surface area (Å²) in [6.07, 6.45) is -6.32. The van der Waals surface area contributed by atoms with Gasteiger partial charge in [0.1, 0.15) is 5.56 Å². The van der Waals surface area contributed by atoms with Crippen LogP contribution >= 0.6 is 0 Å². The molecule has 1 heterocycles. The Bertz CT molecular complexity index is 719. The van der Waals surface area contributed by atoms with Crippen molar-refractivity contribution in [2.24, 2.45) is 0 Å². The number of nitrogens with zero attached hydrogens (tertiary/aromatic N) is 2. The van der Waals surface area contributed by atoms with Crippen LogP contribution in [-0.2, 0) is 11.8 Å². The van der Waals surface area contributed by atoms with Gasteiger partial charge in [0, 0.05) is 0 Å². The molecule has 0 bridgehead atoms. The topological polar surface area (TPSA) is 17.8 Å². The molecule has 1 aromatic carbocycles. The minimum atomic E-state index is -6.32. The third-order valence-electron chi connectivity index (χ3n) is 3.02. The van der Waals surface area contributed by atoms with Crippen LogP contribution in [0, 0.1) is 5.95 Å². The van der Waals surface area contributed by atoms with Crippen LogP contribution < -0.4 is 0 Å². The first kappa shape index (κ1) is 18.1. The van der Waals surface area contributed by atoms with E-state index in [2.05, 4.69) is 5.10 Å². The molecule has 0 spiro atoms. The summed E-state index contributed by atoms with van der Waals surface area (Å²) in [5, 5.41) is 2.66.